The maximum Gasteiger partial charge on any atom is 0.0485 e. The standard InChI is InChI=1S/C24H38O/c1-4-5-6-7-8-9-10-11-12-13-14-15-16-17-18-19-20-21-22-24(2,3)23-25/h5-6,8-9,11-12,14-15,17-18,20-21,25H,4,7,10,13,16,19,22-23H2,1-3H3. The molecular weight excluding hydrogens is 304 g/mol. The summed E-state index contributed by atoms with van der Waals surface area (Å²) in [4.78, 5) is 0. The van der Waals surface area contributed by atoms with Crippen molar-refractivity contribution in [3.63, 3.8) is 0 Å². The first-order valence-electron chi connectivity index (χ1n) is 9.63. The fraction of sp³-hybridized carbons (Fsp3) is 0.500. The average molecular weight is 343 g/mol. The van der Waals surface area contributed by atoms with E-state index in [-0.39, 0.29) is 12.0 Å². The fourth-order valence-corrected chi connectivity index (χ4v) is 1.99. The van der Waals surface area contributed by atoms with Crippen molar-refractivity contribution in [3.8, 4) is 0 Å². The predicted molar refractivity (Wildman–Crippen MR) is 114 cm³/mol. The monoisotopic (exact) mass is 342 g/mol. The normalized spacial score (nSPS) is 13.9. The van der Waals surface area contributed by atoms with Crippen LogP contribution in [0.1, 0.15) is 65.7 Å². The summed E-state index contributed by atoms with van der Waals surface area (Å²) >= 11 is 0. The lowest BCUT2D eigenvalue weighted by Gasteiger charge is -2.18. The summed E-state index contributed by atoms with van der Waals surface area (Å²) in [5.41, 5.74) is -0.00163. The highest BCUT2D eigenvalue weighted by Crippen LogP contribution is 2.19. The number of rotatable bonds is 14. The van der Waals surface area contributed by atoms with Crippen LogP contribution in [-0.2, 0) is 0 Å². The topological polar surface area (TPSA) is 20.2 Å². The molecule has 0 bridgehead atoms. The van der Waals surface area contributed by atoms with Gasteiger partial charge in [0.1, 0.15) is 0 Å². The Balaban J connectivity index is 3.61. The van der Waals surface area contributed by atoms with E-state index in [1.165, 1.54) is 0 Å². The van der Waals surface area contributed by atoms with Gasteiger partial charge in [-0.1, -0.05) is 93.7 Å². The van der Waals surface area contributed by atoms with Crippen LogP contribution in [0.2, 0.25) is 0 Å². The van der Waals surface area contributed by atoms with Gasteiger partial charge in [0.2, 0.25) is 0 Å². The first-order chi connectivity index (χ1) is 12.1. The molecule has 1 heteroatoms. The molecule has 0 spiro atoms. The lowest BCUT2D eigenvalue weighted by molar-refractivity contribution is 0.162. The zero-order chi connectivity index (χ0) is 18.6. The van der Waals surface area contributed by atoms with Gasteiger partial charge in [0.25, 0.3) is 0 Å². The first-order valence-corrected chi connectivity index (χ1v) is 9.63. The second-order valence-electron chi connectivity index (χ2n) is 6.94. The second-order valence-corrected chi connectivity index (χ2v) is 6.94. The van der Waals surface area contributed by atoms with Gasteiger partial charge in [-0.2, -0.15) is 0 Å². The molecule has 0 amide bonds. The van der Waals surface area contributed by atoms with Gasteiger partial charge < -0.3 is 5.11 Å². The number of aliphatic hydroxyl groups is 1. The van der Waals surface area contributed by atoms with Gasteiger partial charge in [0, 0.05) is 6.61 Å². The van der Waals surface area contributed by atoms with Gasteiger partial charge in [0.15, 0.2) is 0 Å². The molecule has 0 aromatic carbocycles. The summed E-state index contributed by atoms with van der Waals surface area (Å²) in [7, 11) is 0. The molecule has 0 radical (unpaired) electrons. The van der Waals surface area contributed by atoms with E-state index < -0.39 is 0 Å². The molecule has 0 heterocycles. The lowest BCUT2D eigenvalue weighted by atomic mass is 9.90. The summed E-state index contributed by atoms with van der Waals surface area (Å²) < 4.78 is 0. The molecule has 25 heavy (non-hydrogen) atoms. The van der Waals surface area contributed by atoms with Crippen molar-refractivity contribution in [2.45, 2.75) is 65.7 Å². The zero-order valence-electron chi connectivity index (χ0n) is 16.5. The minimum absolute atomic E-state index is 0.00163. The van der Waals surface area contributed by atoms with E-state index in [2.05, 4.69) is 93.7 Å². The molecule has 0 unspecified atom stereocenters. The molecule has 0 saturated heterocycles. The minimum atomic E-state index is -0.00163. The lowest BCUT2D eigenvalue weighted by Crippen LogP contribution is -2.14. The Hall–Kier alpha value is -1.60. The van der Waals surface area contributed by atoms with E-state index >= 15 is 0 Å². The second kappa shape index (κ2) is 17.2. The Morgan fingerprint density at radius 3 is 1.20 bits per heavy atom. The Morgan fingerprint density at radius 1 is 0.560 bits per heavy atom. The highest BCUT2D eigenvalue weighted by atomic mass is 16.3. The van der Waals surface area contributed by atoms with Crippen molar-refractivity contribution < 1.29 is 5.11 Å². The van der Waals surface area contributed by atoms with Crippen LogP contribution in [0.3, 0.4) is 0 Å². The van der Waals surface area contributed by atoms with E-state index in [1.807, 2.05) is 0 Å². The third kappa shape index (κ3) is 18.6. The molecule has 1 N–H and O–H groups in total. The summed E-state index contributed by atoms with van der Waals surface area (Å²) in [6.07, 6.45) is 33.5. The maximum atomic E-state index is 9.17. The van der Waals surface area contributed by atoms with Crippen molar-refractivity contribution in [1.82, 2.24) is 0 Å². The van der Waals surface area contributed by atoms with Crippen LogP contribution in [0.4, 0.5) is 0 Å². The maximum absolute atomic E-state index is 9.17. The molecule has 1 nitrogen and oxygen atoms in total. The molecule has 0 atom stereocenters. The van der Waals surface area contributed by atoms with Crippen molar-refractivity contribution in [3.05, 3.63) is 72.9 Å². The molecule has 0 saturated carbocycles. The van der Waals surface area contributed by atoms with Crippen LogP contribution < -0.4 is 0 Å². The number of allylic oxidation sites excluding steroid dienone is 12. The van der Waals surface area contributed by atoms with Crippen molar-refractivity contribution in [2.75, 3.05) is 6.61 Å². The van der Waals surface area contributed by atoms with Crippen LogP contribution in [0.5, 0.6) is 0 Å². The van der Waals surface area contributed by atoms with E-state index in [0.29, 0.717) is 0 Å². The number of hydrogen-bond acceptors (Lipinski definition) is 1. The van der Waals surface area contributed by atoms with Crippen molar-refractivity contribution >= 4 is 0 Å². The Morgan fingerprint density at radius 2 is 0.880 bits per heavy atom. The Labute approximate surface area is 156 Å². The number of aliphatic hydroxyl groups excluding tert-OH is 1. The van der Waals surface area contributed by atoms with Gasteiger partial charge >= 0.3 is 0 Å². The predicted octanol–water partition coefficient (Wildman–Crippen LogP) is 7.09. The van der Waals surface area contributed by atoms with Crippen LogP contribution in [0, 0.1) is 5.41 Å². The molecular formula is C24H38O. The van der Waals surface area contributed by atoms with E-state index in [0.717, 1.165) is 44.9 Å². The Bertz CT molecular complexity index is 458. The summed E-state index contributed by atoms with van der Waals surface area (Å²) in [6, 6.07) is 0. The highest BCUT2D eigenvalue weighted by Gasteiger charge is 2.13. The third-order valence-electron chi connectivity index (χ3n) is 3.69. The molecule has 0 aromatic heterocycles. The van der Waals surface area contributed by atoms with Crippen molar-refractivity contribution in [2.24, 2.45) is 5.41 Å². The molecule has 0 aliphatic rings. The quantitative estimate of drug-likeness (QED) is 0.334. The van der Waals surface area contributed by atoms with Gasteiger partial charge in [0.05, 0.1) is 0 Å². The minimum Gasteiger partial charge on any atom is -0.396 e. The van der Waals surface area contributed by atoms with Gasteiger partial charge in [-0.25, -0.2) is 0 Å². The largest absolute Gasteiger partial charge is 0.396 e. The number of hydrogen-bond donors (Lipinski definition) is 1. The van der Waals surface area contributed by atoms with Crippen LogP contribution in [-0.4, -0.2) is 11.7 Å². The van der Waals surface area contributed by atoms with Crippen molar-refractivity contribution in [1.29, 1.82) is 0 Å². The van der Waals surface area contributed by atoms with E-state index in [1.54, 1.807) is 0 Å². The highest BCUT2D eigenvalue weighted by molar-refractivity contribution is 5.01. The van der Waals surface area contributed by atoms with Gasteiger partial charge in [-0.15, -0.1) is 0 Å². The van der Waals surface area contributed by atoms with Gasteiger partial charge in [-0.3, -0.25) is 0 Å². The van der Waals surface area contributed by atoms with Gasteiger partial charge in [-0.05, 0) is 50.4 Å². The molecule has 0 rings (SSSR count). The smallest absolute Gasteiger partial charge is 0.0485 e. The Kier molecular flexibility index (Phi) is 16.1. The molecule has 0 aliphatic heterocycles. The molecule has 0 aromatic rings. The molecule has 0 aliphatic carbocycles. The zero-order valence-corrected chi connectivity index (χ0v) is 16.5. The molecule has 140 valence electrons. The van der Waals surface area contributed by atoms with Crippen LogP contribution in [0.15, 0.2) is 72.9 Å². The van der Waals surface area contributed by atoms with E-state index in [9.17, 15) is 5.11 Å². The fourth-order valence-electron chi connectivity index (χ4n) is 1.99. The third-order valence-corrected chi connectivity index (χ3v) is 3.69. The average Bonchev–Trinajstić information content (AvgIpc) is 2.60. The molecule has 0 fully saturated rings. The summed E-state index contributed by atoms with van der Waals surface area (Å²) in [5.74, 6) is 0. The van der Waals surface area contributed by atoms with Crippen LogP contribution >= 0.6 is 0 Å². The SMILES string of the molecule is CCC=CCC=CCC=CCC=CCC=CCC=CCC(C)(C)CO. The van der Waals surface area contributed by atoms with E-state index in [4.69, 9.17) is 0 Å². The summed E-state index contributed by atoms with van der Waals surface area (Å²) in [6.45, 7) is 6.55. The summed E-state index contributed by atoms with van der Waals surface area (Å²) in [5, 5.41) is 9.17. The first kappa shape index (κ1) is 23.4. The van der Waals surface area contributed by atoms with Crippen LogP contribution in [0.25, 0.3) is 0 Å².